The fourth-order valence-corrected chi connectivity index (χ4v) is 3.90. The molecular weight excluding hydrogens is 426 g/mol. The van der Waals surface area contributed by atoms with E-state index < -0.39 is 6.10 Å². The van der Waals surface area contributed by atoms with Gasteiger partial charge in [-0.25, -0.2) is 4.98 Å². The van der Waals surface area contributed by atoms with E-state index in [1.807, 2.05) is 61.7 Å². The number of anilines is 1. The molecule has 1 amide bonds. The van der Waals surface area contributed by atoms with Gasteiger partial charge in [-0.05, 0) is 43.2 Å². The number of nitrogens with zero attached hydrogens (tertiary/aromatic N) is 2. The SMILES string of the molecule is CC[C@H](Oc1ccccc1)C(=O)Nc1ccc(C)cc1OCc1cc(=O)n2ccsc2n1. The molecule has 0 saturated heterocycles. The molecule has 0 radical (unpaired) electrons. The minimum absolute atomic E-state index is 0.105. The second-order valence-electron chi connectivity index (χ2n) is 7.25. The van der Waals surface area contributed by atoms with Crippen molar-refractivity contribution >= 4 is 27.9 Å². The normalized spacial score (nSPS) is 11.8. The lowest BCUT2D eigenvalue weighted by Crippen LogP contribution is -2.32. The number of rotatable bonds is 8. The van der Waals surface area contributed by atoms with Crippen LogP contribution >= 0.6 is 11.3 Å². The van der Waals surface area contributed by atoms with Gasteiger partial charge in [-0.3, -0.25) is 14.0 Å². The molecule has 2 aromatic carbocycles. The quantitative estimate of drug-likeness (QED) is 0.430. The zero-order chi connectivity index (χ0) is 22.5. The van der Waals surface area contributed by atoms with E-state index in [0.29, 0.717) is 34.3 Å². The molecule has 4 rings (SSSR count). The van der Waals surface area contributed by atoms with Gasteiger partial charge in [0.15, 0.2) is 11.1 Å². The fourth-order valence-electron chi connectivity index (χ4n) is 3.16. The van der Waals surface area contributed by atoms with Crippen molar-refractivity contribution in [3.05, 3.63) is 87.8 Å². The summed E-state index contributed by atoms with van der Waals surface area (Å²) >= 11 is 1.38. The number of carbonyl (C=O) groups is 1. The maximum absolute atomic E-state index is 12.9. The smallest absolute Gasteiger partial charge is 0.265 e. The Morgan fingerprint density at radius 2 is 2.00 bits per heavy atom. The number of para-hydroxylation sites is 1. The first-order valence-corrected chi connectivity index (χ1v) is 11.1. The molecule has 0 fully saturated rings. The Morgan fingerprint density at radius 3 is 2.78 bits per heavy atom. The molecule has 8 heteroatoms. The third-order valence-corrected chi connectivity index (χ3v) is 5.57. The van der Waals surface area contributed by atoms with Crippen molar-refractivity contribution in [3.63, 3.8) is 0 Å². The summed E-state index contributed by atoms with van der Waals surface area (Å²) in [5, 5.41) is 4.72. The number of amides is 1. The number of carbonyl (C=O) groups excluding carboxylic acids is 1. The Labute approximate surface area is 189 Å². The van der Waals surface area contributed by atoms with Crippen molar-refractivity contribution in [2.45, 2.75) is 33.0 Å². The predicted octanol–water partition coefficient (Wildman–Crippen LogP) is 4.44. The lowest BCUT2D eigenvalue weighted by molar-refractivity contribution is -0.122. The highest BCUT2D eigenvalue weighted by molar-refractivity contribution is 7.15. The number of aryl methyl sites for hydroxylation is 1. The van der Waals surface area contributed by atoms with E-state index in [-0.39, 0.29) is 18.1 Å². The second kappa shape index (κ2) is 9.65. The van der Waals surface area contributed by atoms with Crippen LogP contribution in [-0.4, -0.2) is 21.4 Å². The molecule has 7 nitrogen and oxygen atoms in total. The molecule has 1 atom stereocenters. The monoisotopic (exact) mass is 449 g/mol. The third-order valence-electron chi connectivity index (χ3n) is 4.81. The van der Waals surface area contributed by atoms with Crippen LogP contribution in [0.15, 0.2) is 71.0 Å². The zero-order valence-electron chi connectivity index (χ0n) is 17.8. The number of hydrogen-bond donors (Lipinski definition) is 1. The average molecular weight is 450 g/mol. The molecule has 32 heavy (non-hydrogen) atoms. The van der Waals surface area contributed by atoms with Gasteiger partial charge in [0, 0.05) is 17.6 Å². The summed E-state index contributed by atoms with van der Waals surface area (Å²) in [6.07, 6.45) is 1.56. The molecular formula is C24H23N3O4S. The number of nitrogens with one attached hydrogen (secondary N) is 1. The van der Waals surface area contributed by atoms with Gasteiger partial charge in [0.05, 0.1) is 11.4 Å². The summed E-state index contributed by atoms with van der Waals surface area (Å²) in [6.45, 7) is 3.94. The van der Waals surface area contributed by atoms with E-state index in [1.165, 1.54) is 21.8 Å². The van der Waals surface area contributed by atoms with Crippen LogP contribution < -0.4 is 20.3 Å². The van der Waals surface area contributed by atoms with Crippen LogP contribution in [0.25, 0.3) is 4.96 Å². The first-order valence-electron chi connectivity index (χ1n) is 10.3. The fraction of sp³-hybridized carbons (Fsp3) is 0.208. The van der Waals surface area contributed by atoms with Gasteiger partial charge in [-0.2, -0.15) is 0 Å². The van der Waals surface area contributed by atoms with Crippen molar-refractivity contribution in [1.29, 1.82) is 0 Å². The van der Waals surface area contributed by atoms with Gasteiger partial charge < -0.3 is 14.8 Å². The van der Waals surface area contributed by atoms with Crippen LogP contribution in [0.3, 0.4) is 0 Å². The van der Waals surface area contributed by atoms with Crippen molar-refractivity contribution in [2.24, 2.45) is 0 Å². The van der Waals surface area contributed by atoms with Crippen LogP contribution in [0, 0.1) is 6.92 Å². The summed E-state index contributed by atoms with van der Waals surface area (Å²) in [5.41, 5.74) is 1.88. The summed E-state index contributed by atoms with van der Waals surface area (Å²) < 4.78 is 13.3. The number of thiazole rings is 1. The largest absolute Gasteiger partial charge is 0.485 e. The maximum Gasteiger partial charge on any atom is 0.265 e. The number of aromatic nitrogens is 2. The topological polar surface area (TPSA) is 81.9 Å². The van der Waals surface area contributed by atoms with Crippen LogP contribution in [-0.2, 0) is 11.4 Å². The highest BCUT2D eigenvalue weighted by atomic mass is 32.1. The summed E-state index contributed by atoms with van der Waals surface area (Å²) in [6, 6.07) is 16.2. The average Bonchev–Trinajstić information content (AvgIpc) is 3.27. The van der Waals surface area contributed by atoms with Crippen molar-refractivity contribution in [1.82, 2.24) is 9.38 Å². The molecule has 164 valence electrons. The van der Waals surface area contributed by atoms with E-state index in [0.717, 1.165) is 5.56 Å². The van der Waals surface area contributed by atoms with E-state index >= 15 is 0 Å². The highest BCUT2D eigenvalue weighted by Gasteiger charge is 2.20. The van der Waals surface area contributed by atoms with Gasteiger partial charge in [-0.1, -0.05) is 31.2 Å². The molecule has 0 unspecified atom stereocenters. The van der Waals surface area contributed by atoms with Crippen molar-refractivity contribution in [2.75, 3.05) is 5.32 Å². The van der Waals surface area contributed by atoms with E-state index in [4.69, 9.17) is 9.47 Å². The standard InChI is InChI=1S/C24H23N3O4S/c1-3-20(31-18-7-5-4-6-8-18)23(29)26-19-10-9-16(2)13-21(19)30-15-17-14-22(28)27-11-12-32-24(27)25-17/h4-14,20H,3,15H2,1-2H3,(H,26,29)/t20-/m0/s1. The molecule has 0 aliphatic carbocycles. The molecule has 0 saturated carbocycles. The van der Waals surface area contributed by atoms with Crippen molar-refractivity contribution in [3.8, 4) is 11.5 Å². The molecule has 0 bridgehead atoms. The summed E-state index contributed by atoms with van der Waals surface area (Å²) in [4.78, 5) is 30.1. The maximum atomic E-state index is 12.9. The molecule has 0 aliphatic heterocycles. The van der Waals surface area contributed by atoms with Gasteiger partial charge in [0.1, 0.15) is 18.1 Å². The number of hydrogen-bond acceptors (Lipinski definition) is 6. The predicted molar refractivity (Wildman–Crippen MR) is 125 cm³/mol. The van der Waals surface area contributed by atoms with E-state index in [1.54, 1.807) is 12.3 Å². The number of ether oxygens (including phenoxy) is 2. The Balaban J connectivity index is 1.49. The minimum Gasteiger partial charge on any atom is -0.485 e. The van der Waals surface area contributed by atoms with E-state index in [9.17, 15) is 9.59 Å². The van der Waals surface area contributed by atoms with Gasteiger partial charge in [0.25, 0.3) is 11.5 Å². The zero-order valence-corrected chi connectivity index (χ0v) is 18.6. The van der Waals surface area contributed by atoms with Gasteiger partial charge in [-0.15, -0.1) is 11.3 Å². The van der Waals surface area contributed by atoms with Crippen molar-refractivity contribution < 1.29 is 14.3 Å². The molecule has 2 aromatic heterocycles. The number of benzene rings is 2. The molecule has 0 spiro atoms. The first kappa shape index (κ1) is 21.6. The summed E-state index contributed by atoms with van der Waals surface area (Å²) in [7, 11) is 0. The molecule has 4 aromatic rings. The van der Waals surface area contributed by atoms with Crippen LogP contribution in [0.2, 0.25) is 0 Å². The van der Waals surface area contributed by atoms with Crippen LogP contribution in [0.4, 0.5) is 5.69 Å². The lowest BCUT2D eigenvalue weighted by atomic mass is 10.2. The number of fused-ring (bicyclic) bond motifs is 1. The summed E-state index contributed by atoms with van der Waals surface area (Å²) in [5.74, 6) is 0.874. The Morgan fingerprint density at radius 1 is 1.19 bits per heavy atom. The van der Waals surface area contributed by atoms with Crippen LogP contribution in [0.1, 0.15) is 24.6 Å². The minimum atomic E-state index is -0.644. The first-order chi connectivity index (χ1) is 15.5. The third kappa shape index (κ3) is 4.97. The lowest BCUT2D eigenvalue weighted by Gasteiger charge is -2.19. The Hall–Kier alpha value is -3.65. The highest BCUT2D eigenvalue weighted by Crippen LogP contribution is 2.27. The Kier molecular flexibility index (Phi) is 6.51. The second-order valence-corrected chi connectivity index (χ2v) is 8.12. The Bertz CT molecular complexity index is 1280. The molecule has 1 N–H and O–H groups in total. The van der Waals surface area contributed by atoms with Crippen LogP contribution in [0.5, 0.6) is 11.5 Å². The van der Waals surface area contributed by atoms with E-state index in [2.05, 4.69) is 10.3 Å². The molecule has 0 aliphatic rings. The molecule has 2 heterocycles. The van der Waals surface area contributed by atoms with Gasteiger partial charge in [0.2, 0.25) is 0 Å². The van der Waals surface area contributed by atoms with Gasteiger partial charge >= 0.3 is 0 Å².